The van der Waals surface area contributed by atoms with Crippen molar-refractivity contribution < 1.29 is 19.0 Å². The first kappa shape index (κ1) is 20.7. The van der Waals surface area contributed by atoms with Crippen molar-refractivity contribution in [2.75, 3.05) is 51.4 Å². The zero-order valence-corrected chi connectivity index (χ0v) is 18.0. The van der Waals surface area contributed by atoms with Gasteiger partial charge in [-0.2, -0.15) is 0 Å². The van der Waals surface area contributed by atoms with Crippen molar-refractivity contribution in [3.8, 4) is 17.2 Å². The van der Waals surface area contributed by atoms with Gasteiger partial charge >= 0.3 is 0 Å². The van der Waals surface area contributed by atoms with Gasteiger partial charge in [0, 0.05) is 38.3 Å². The van der Waals surface area contributed by atoms with Gasteiger partial charge < -0.3 is 24.0 Å². The first-order valence-electron chi connectivity index (χ1n) is 10.4. The van der Waals surface area contributed by atoms with Gasteiger partial charge in [0.1, 0.15) is 5.75 Å². The van der Waals surface area contributed by atoms with E-state index in [0.29, 0.717) is 42.7 Å². The Hall–Kier alpha value is -2.60. The SMILES string of the molecule is COc1ccc(N2CCCN(C(=O)Cc3cc(Cl)c4c(c3)OCCCO4)CC2)cc1. The Balaban J connectivity index is 1.39. The van der Waals surface area contributed by atoms with E-state index in [1.165, 1.54) is 0 Å². The molecule has 2 heterocycles. The van der Waals surface area contributed by atoms with Gasteiger partial charge in [-0.25, -0.2) is 0 Å². The zero-order valence-electron chi connectivity index (χ0n) is 17.2. The lowest BCUT2D eigenvalue weighted by molar-refractivity contribution is -0.130. The molecule has 0 aliphatic carbocycles. The highest BCUT2D eigenvalue weighted by atomic mass is 35.5. The summed E-state index contributed by atoms with van der Waals surface area (Å²) in [4.78, 5) is 17.2. The van der Waals surface area contributed by atoms with Gasteiger partial charge in [0.05, 0.1) is 31.8 Å². The molecular weight excluding hydrogens is 404 g/mol. The number of halogens is 1. The maximum atomic E-state index is 13.0. The highest BCUT2D eigenvalue weighted by molar-refractivity contribution is 6.32. The number of anilines is 1. The average molecular weight is 431 g/mol. The highest BCUT2D eigenvalue weighted by Crippen LogP contribution is 2.38. The lowest BCUT2D eigenvalue weighted by Crippen LogP contribution is -2.36. The molecule has 0 radical (unpaired) electrons. The van der Waals surface area contributed by atoms with Crippen molar-refractivity contribution in [2.45, 2.75) is 19.3 Å². The molecule has 0 atom stereocenters. The summed E-state index contributed by atoms with van der Waals surface area (Å²) >= 11 is 6.38. The smallest absolute Gasteiger partial charge is 0.227 e. The van der Waals surface area contributed by atoms with Crippen LogP contribution in [0.1, 0.15) is 18.4 Å². The molecule has 1 fully saturated rings. The van der Waals surface area contributed by atoms with Crippen molar-refractivity contribution >= 4 is 23.2 Å². The Labute approximate surface area is 182 Å². The number of benzene rings is 2. The first-order valence-corrected chi connectivity index (χ1v) is 10.8. The van der Waals surface area contributed by atoms with Crippen LogP contribution in [0.2, 0.25) is 5.02 Å². The van der Waals surface area contributed by atoms with E-state index in [1.54, 1.807) is 7.11 Å². The van der Waals surface area contributed by atoms with Crippen LogP contribution in [0.25, 0.3) is 0 Å². The molecule has 30 heavy (non-hydrogen) atoms. The van der Waals surface area contributed by atoms with Crippen LogP contribution in [-0.2, 0) is 11.2 Å². The second-order valence-corrected chi connectivity index (χ2v) is 7.96. The molecule has 0 unspecified atom stereocenters. The Morgan fingerprint density at radius 1 is 1.03 bits per heavy atom. The molecule has 160 valence electrons. The molecule has 2 aliphatic rings. The van der Waals surface area contributed by atoms with E-state index in [-0.39, 0.29) is 5.91 Å². The standard InChI is InChI=1S/C23H27ClN2O4/c1-28-19-6-4-18(5-7-19)25-8-2-9-26(11-10-25)22(27)16-17-14-20(24)23-21(15-17)29-12-3-13-30-23/h4-7,14-15H,2-3,8-13,16H2,1H3. The van der Waals surface area contributed by atoms with Gasteiger partial charge in [-0.1, -0.05) is 11.6 Å². The molecule has 7 heteroatoms. The minimum absolute atomic E-state index is 0.108. The van der Waals surface area contributed by atoms with Crippen LogP contribution < -0.4 is 19.1 Å². The topological polar surface area (TPSA) is 51.2 Å². The maximum absolute atomic E-state index is 13.0. The summed E-state index contributed by atoms with van der Waals surface area (Å²) in [6.07, 6.45) is 2.05. The Morgan fingerprint density at radius 3 is 2.63 bits per heavy atom. The number of fused-ring (bicyclic) bond motifs is 1. The summed E-state index contributed by atoms with van der Waals surface area (Å²) < 4.78 is 16.7. The number of carbonyl (C=O) groups excluding carboxylic acids is 1. The predicted octanol–water partition coefficient (Wildman–Crippen LogP) is 3.79. The number of hydrogen-bond donors (Lipinski definition) is 0. The van der Waals surface area contributed by atoms with E-state index in [1.807, 2.05) is 29.2 Å². The van der Waals surface area contributed by atoms with E-state index in [0.717, 1.165) is 49.5 Å². The first-order chi connectivity index (χ1) is 14.6. The third kappa shape index (κ3) is 4.75. The van der Waals surface area contributed by atoms with Crippen LogP contribution in [0.4, 0.5) is 5.69 Å². The van der Waals surface area contributed by atoms with Crippen LogP contribution in [0.15, 0.2) is 36.4 Å². The summed E-state index contributed by atoms with van der Waals surface area (Å²) in [7, 11) is 1.67. The quantitative estimate of drug-likeness (QED) is 0.738. The number of methoxy groups -OCH3 is 1. The number of nitrogens with zero attached hydrogens (tertiary/aromatic N) is 2. The molecule has 0 N–H and O–H groups in total. The maximum Gasteiger partial charge on any atom is 0.227 e. The largest absolute Gasteiger partial charge is 0.497 e. The normalized spacial score (nSPS) is 16.6. The van der Waals surface area contributed by atoms with E-state index < -0.39 is 0 Å². The summed E-state index contributed by atoms with van der Waals surface area (Å²) in [5, 5.41) is 0.499. The van der Waals surface area contributed by atoms with Crippen LogP contribution in [0, 0.1) is 0 Å². The van der Waals surface area contributed by atoms with Gasteiger partial charge in [0.15, 0.2) is 11.5 Å². The van der Waals surface area contributed by atoms with Crippen LogP contribution >= 0.6 is 11.6 Å². The monoisotopic (exact) mass is 430 g/mol. The number of ether oxygens (including phenoxy) is 3. The molecule has 0 aromatic heterocycles. The molecule has 4 rings (SSSR count). The predicted molar refractivity (Wildman–Crippen MR) is 117 cm³/mol. The summed E-state index contributed by atoms with van der Waals surface area (Å²) in [5.74, 6) is 2.16. The van der Waals surface area contributed by atoms with Crippen LogP contribution in [0.5, 0.6) is 17.2 Å². The molecule has 2 aliphatic heterocycles. The fourth-order valence-electron chi connectivity index (χ4n) is 3.89. The van der Waals surface area contributed by atoms with Gasteiger partial charge in [0.25, 0.3) is 0 Å². The summed E-state index contributed by atoms with van der Waals surface area (Å²) in [5.41, 5.74) is 2.00. The lowest BCUT2D eigenvalue weighted by Gasteiger charge is -2.24. The van der Waals surface area contributed by atoms with Gasteiger partial charge in [0.2, 0.25) is 5.91 Å². The van der Waals surface area contributed by atoms with Crippen molar-refractivity contribution in [2.24, 2.45) is 0 Å². The minimum Gasteiger partial charge on any atom is -0.497 e. The molecule has 0 bridgehead atoms. The second-order valence-electron chi connectivity index (χ2n) is 7.55. The Bertz CT molecular complexity index is 888. The minimum atomic E-state index is 0.108. The fraction of sp³-hybridized carbons (Fsp3) is 0.435. The van der Waals surface area contributed by atoms with E-state index in [2.05, 4.69) is 17.0 Å². The molecular formula is C23H27ClN2O4. The van der Waals surface area contributed by atoms with Crippen LogP contribution in [0.3, 0.4) is 0 Å². The number of hydrogen-bond acceptors (Lipinski definition) is 5. The molecule has 1 saturated heterocycles. The molecule has 1 amide bonds. The lowest BCUT2D eigenvalue weighted by atomic mass is 10.1. The average Bonchev–Trinajstić information content (AvgIpc) is 3.15. The molecule has 2 aromatic rings. The van der Waals surface area contributed by atoms with Crippen molar-refractivity contribution in [3.05, 3.63) is 47.0 Å². The zero-order chi connectivity index (χ0) is 20.9. The molecule has 2 aromatic carbocycles. The van der Waals surface area contributed by atoms with Gasteiger partial charge in [-0.05, 0) is 48.4 Å². The highest BCUT2D eigenvalue weighted by Gasteiger charge is 2.22. The van der Waals surface area contributed by atoms with Gasteiger partial charge in [-0.15, -0.1) is 0 Å². The van der Waals surface area contributed by atoms with Crippen molar-refractivity contribution in [1.29, 1.82) is 0 Å². The van der Waals surface area contributed by atoms with Crippen molar-refractivity contribution in [3.63, 3.8) is 0 Å². The number of amides is 1. The van der Waals surface area contributed by atoms with E-state index >= 15 is 0 Å². The number of rotatable bonds is 4. The third-order valence-electron chi connectivity index (χ3n) is 5.50. The van der Waals surface area contributed by atoms with E-state index in [9.17, 15) is 4.79 Å². The second kappa shape index (κ2) is 9.47. The summed E-state index contributed by atoms with van der Waals surface area (Å²) in [6, 6.07) is 11.8. The summed E-state index contributed by atoms with van der Waals surface area (Å²) in [6.45, 7) is 4.36. The van der Waals surface area contributed by atoms with E-state index in [4.69, 9.17) is 25.8 Å². The van der Waals surface area contributed by atoms with Crippen LogP contribution in [-0.4, -0.2) is 57.3 Å². The molecule has 6 nitrogen and oxygen atoms in total. The number of carbonyl (C=O) groups is 1. The molecule has 0 spiro atoms. The van der Waals surface area contributed by atoms with Gasteiger partial charge in [-0.3, -0.25) is 4.79 Å². The molecule has 0 saturated carbocycles. The fourth-order valence-corrected chi connectivity index (χ4v) is 4.18. The van der Waals surface area contributed by atoms with Crippen molar-refractivity contribution in [1.82, 2.24) is 4.90 Å². The Kier molecular flexibility index (Phi) is 6.53. The Morgan fingerprint density at radius 2 is 1.83 bits per heavy atom. The third-order valence-corrected chi connectivity index (χ3v) is 5.78.